The largest absolute Gasteiger partial charge is 0.351 e. The first-order valence-corrected chi connectivity index (χ1v) is 11.3. The molecule has 4 aromatic rings. The molecule has 0 saturated carbocycles. The van der Waals surface area contributed by atoms with Gasteiger partial charge in [-0.15, -0.1) is 0 Å². The molecule has 1 fully saturated rings. The Morgan fingerprint density at radius 2 is 1.74 bits per heavy atom. The van der Waals surface area contributed by atoms with Gasteiger partial charge in [0, 0.05) is 49.2 Å². The van der Waals surface area contributed by atoms with Crippen molar-refractivity contribution in [1.82, 2.24) is 24.4 Å². The van der Waals surface area contributed by atoms with E-state index in [1.165, 1.54) is 0 Å². The van der Waals surface area contributed by atoms with Crippen LogP contribution in [0.5, 0.6) is 0 Å². The lowest BCUT2D eigenvalue weighted by atomic mass is 10.2. The van der Waals surface area contributed by atoms with Gasteiger partial charge in [-0.2, -0.15) is 0 Å². The second-order valence-corrected chi connectivity index (χ2v) is 8.36. The Labute approximate surface area is 201 Å². The van der Waals surface area contributed by atoms with Crippen LogP contribution >= 0.6 is 11.6 Å². The van der Waals surface area contributed by atoms with Gasteiger partial charge in [0.15, 0.2) is 11.5 Å². The van der Waals surface area contributed by atoms with Gasteiger partial charge in [-0.3, -0.25) is 9.59 Å². The number of hydrogen-bond acceptors (Lipinski definition) is 6. The van der Waals surface area contributed by atoms with Crippen molar-refractivity contribution < 1.29 is 9.59 Å². The third kappa shape index (κ3) is 4.55. The van der Waals surface area contributed by atoms with Crippen molar-refractivity contribution in [1.29, 1.82) is 0 Å². The molecular formula is C24H22ClN7O2. The predicted octanol–water partition coefficient (Wildman–Crippen LogP) is 3.08. The minimum Gasteiger partial charge on any atom is -0.351 e. The van der Waals surface area contributed by atoms with Gasteiger partial charge in [-0.05, 0) is 42.5 Å². The van der Waals surface area contributed by atoms with E-state index in [9.17, 15) is 9.59 Å². The molecule has 172 valence electrons. The number of nitrogens with one attached hydrogen (secondary N) is 1. The van der Waals surface area contributed by atoms with Crippen LogP contribution in [0.2, 0.25) is 5.02 Å². The Balaban J connectivity index is 1.23. The van der Waals surface area contributed by atoms with Crippen LogP contribution < -0.4 is 10.2 Å². The lowest BCUT2D eigenvalue weighted by Gasteiger charge is -2.36. The number of carbonyl (C=O) groups is 2. The highest BCUT2D eigenvalue weighted by Gasteiger charge is 2.24. The fourth-order valence-corrected chi connectivity index (χ4v) is 4.19. The first-order valence-electron chi connectivity index (χ1n) is 10.9. The highest BCUT2D eigenvalue weighted by molar-refractivity contribution is 6.31. The molecule has 1 saturated heterocycles. The van der Waals surface area contributed by atoms with E-state index in [2.05, 4.69) is 25.2 Å². The number of nitrogens with zero attached hydrogens (tertiary/aromatic N) is 6. The summed E-state index contributed by atoms with van der Waals surface area (Å²) >= 11 is 6.02. The number of halogens is 1. The van der Waals surface area contributed by atoms with Gasteiger partial charge >= 0.3 is 0 Å². The zero-order valence-corrected chi connectivity index (χ0v) is 19.0. The van der Waals surface area contributed by atoms with Gasteiger partial charge in [0.2, 0.25) is 5.91 Å². The molecule has 2 amide bonds. The van der Waals surface area contributed by atoms with Gasteiger partial charge in [0.05, 0.1) is 12.0 Å². The van der Waals surface area contributed by atoms with E-state index >= 15 is 0 Å². The number of rotatable bonds is 5. The van der Waals surface area contributed by atoms with Crippen LogP contribution in [0.15, 0.2) is 67.3 Å². The summed E-state index contributed by atoms with van der Waals surface area (Å²) < 4.78 is 1.77. The van der Waals surface area contributed by atoms with Crippen LogP contribution in [0.4, 0.5) is 11.5 Å². The number of carbonyl (C=O) groups excluding carboxylic acids is 2. The fourth-order valence-electron chi connectivity index (χ4n) is 4.00. The number of piperazine rings is 1. The SMILES string of the molecule is O=C(Nc1cccnc1N1CCN(C(=O)Cn2cnc3cccnc32)CC1)c1cccc(Cl)c1. The summed E-state index contributed by atoms with van der Waals surface area (Å²) in [6, 6.07) is 14.1. The molecule has 34 heavy (non-hydrogen) atoms. The number of anilines is 2. The maximum absolute atomic E-state index is 12.9. The van der Waals surface area contributed by atoms with Crippen LogP contribution in [0.25, 0.3) is 11.2 Å². The van der Waals surface area contributed by atoms with Gasteiger partial charge in [-0.1, -0.05) is 17.7 Å². The van der Waals surface area contributed by atoms with Crippen molar-refractivity contribution in [3.63, 3.8) is 0 Å². The van der Waals surface area contributed by atoms with Crippen molar-refractivity contribution in [2.45, 2.75) is 6.54 Å². The number of imidazole rings is 1. The molecule has 0 atom stereocenters. The first kappa shape index (κ1) is 21.8. The van der Waals surface area contributed by atoms with Crippen molar-refractivity contribution in [3.05, 3.63) is 77.8 Å². The van der Waals surface area contributed by atoms with Crippen LogP contribution in [-0.4, -0.2) is 62.4 Å². The molecule has 0 unspecified atom stereocenters. The van der Waals surface area contributed by atoms with Crippen molar-refractivity contribution >= 4 is 46.1 Å². The standard InChI is InChI=1S/C24H22ClN7O2/c25-18-5-1-4-17(14-18)24(34)29-20-7-3-9-27-23(20)31-12-10-30(11-13-31)21(33)15-32-16-28-19-6-2-8-26-22(19)32/h1-9,14,16H,10-13,15H2,(H,29,34). The summed E-state index contributed by atoms with van der Waals surface area (Å²) in [6.45, 7) is 2.50. The number of hydrogen-bond donors (Lipinski definition) is 1. The molecular weight excluding hydrogens is 454 g/mol. The minimum atomic E-state index is -0.258. The van der Waals surface area contributed by atoms with Gasteiger partial charge in [0.1, 0.15) is 12.1 Å². The van der Waals surface area contributed by atoms with Crippen LogP contribution in [0.1, 0.15) is 10.4 Å². The van der Waals surface area contributed by atoms with Crippen LogP contribution in [0.3, 0.4) is 0 Å². The Morgan fingerprint density at radius 1 is 0.941 bits per heavy atom. The number of aromatic nitrogens is 4. The zero-order chi connectivity index (χ0) is 23.5. The average molecular weight is 476 g/mol. The topological polar surface area (TPSA) is 96.2 Å². The van der Waals surface area contributed by atoms with Crippen LogP contribution in [-0.2, 0) is 11.3 Å². The van der Waals surface area contributed by atoms with Gasteiger partial charge in [-0.25, -0.2) is 15.0 Å². The molecule has 0 radical (unpaired) electrons. The molecule has 5 rings (SSSR count). The van der Waals surface area contributed by atoms with E-state index < -0.39 is 0 Å². The predicted molar refractivity (Wildman–Crippen MR) is 130 cm³/mol. The number of pyridine rings is 2. The van der Waals surface area contributed by atoms with Crippen molar-refractivity contribution in [3.8, 4) is 0 Å². The molecule has 0 aliphatic carbocycles. The number of amides is 2. The summed E-state index contributed by atoms with van der Waals surface area (Å²) in [5.41, 5.74) is 2.55. The Morgan fingerprint density at radius 3 is 2.56 bits per heavy atom. The van der Waals surface area contributed by atoms with E-state index in [4.69, 9.17) is 11.6 Å². The maximum atomic E-state index is 12.9. The van der Waals surface area contributed by atoms with Crippen molar-refractivity contribution in [2.24, 2.45) is 0 Å². The molecule has 0 bridgehead atoms. The summed E-state index contributed by atoms with van der Waals surface area (Å²) in [7, 11) is 0. The van der Waals surface area contributed by atoms with E-state index in [0.29, 0.717) is 53.9 Å². The number of fused-ring (bicyclic) bond motifs is 1. The normalized spacial score (nSPS) is 13.8. The minimum absolute atomic E-state index is 0.0140. The molecule has 4 heterocycles. The van der Waals surface area contributed by atoms with E-state index in [1.54, 1.807) is 53.6 Å². The molecule has 1 aliphatic heterocycles. The fraction of sp³-hybridized carbons (Fsp3) is 0.208. The summed E-state index contributed by atoms with van der Waals surface area (Å²) in [5.74, 6) is 0.432. The second-order valence-electron chi connectivity index (χ2n) is 7.93. The quantitative estimate of drug-likeness (QED) is 0.476. The first-order chi connectivity index (χ1) is 16.6. The molecule has 10 heteroatoms. The molecule has 9 nitrogen and oxygen atoms in total. The zero-order valence-electron chi connectivity index (χ0n) is 18.3. The number of benzene rings is 1. The molecule has 3 aromatic heterocycles. The monoisotopic (exact) mass is 475 g/mol. The molecule has 1 aromatic carbocycles. The summed E-state index contributed by atoms with van der Waals surface area (Å²) in [5, 5.41) is 3.43. The van der Waals surface area contributed by atoms with Crippen LogP contribution in [0, 0.1) is 0 Å². The average Bonchev–Trinajstić information content (AvgIpc) is 3.27. The van der Waals surface area contributed by atoms with E-state index in [-0.39, 0.29) is 18.4 Å². The lowest BCUT2D eigenvalue weighted by molar-refractivity contribution is -0.132. The lowest BCUT2D eigenvalue weighted by Crippen LogP contribution is -2.50. The van der Waals surface area contributed by atoms with E-state index in [1.807, 2.05) is 23.1 Å². The second kappa shape index (κ2) is 9.48. The third-order valence-electron chi connectivity index (χ3n) is 5.73. The Hall–Kier alpha value is -3.98. The highest BCUT2D eigenvalue weighted by atomic mass is 35.5. The van der Waals surface area contributed by atoms with Gasteiger partial charge < -0.3 is 19.7 Å². The Bertz CT molecular complexity index is 1350. The molecule has 0 spiro atoms. The van der Waals surface area contributed by atoms with Gasteiger partial charge in [0.25, 0.3) is 5.91 Å². The molecule has 1 aliphatic rings. The highest BCUT2D eigenvalue weighted by Crippen LogP contribution is 2.25. The van der Waals surface area contributed by atoms with Crippen molar-refractivity contribution in [2.75, 3.05) is 36.4 Å². The smallest absolute Gasteiger partial charge is 0.255 e. The Kier molecular flexibility index (Phi) is 6.09. The third-order valence-corrected chi connectivity index (χ3v) is 5.97. The van der Waals surface area contributed by atoms with E-state index in [0.717, 1.165) is 5.52 Å². The summed E-state index contributed by atoms with van der Waals surface area (Å²) in [6.07, 6.45) is 5.03. The summed E-state index contributed by atoms with van der Waals surface area (Å²) in [4.78, 5) is 42.6. The molecule has 1 N–H and O–H groups in total. The maximum Gasteiger partial charge on any atom is 0.255 e.